The van der Waals surface area contributed by atoms with Crippen LogP contribution in [-0.2, 0) is 12.8 Å². The summed E-state index contributed by atoms with van der Waals surface area (Å²) in [7, 11) is 0. The van der Waals surface area contributed by atoms with Gasteiger partial charge in [0.1, 0.15) is 22.8 Å². The molecule has 0 aromatic carbocycles. The summed E-state index contributed by atoms with van der Waals surface area (Å²) in [5.41, 5.74) is 8.71. The number of aromatic nitrogens is 3. The molecule has 4 rings (SSSR count). The summed E-state index contributed by atoms with van der Waals surface area (Å²) < 4.78 is 6.13. The molecule has 1 aliphatic rings. The average molecular weight is 484 g/mol. The Morgan fingerprint density at radius 3 is 2.53 bits per heavy atom. The molecule has 0 saturated heterocycles. The minimum absolute atomic E-state index is 0. The molecule has 32 heavy (non-hydrogen) atoms. The first kappa shape index (κ1) is 24.5. The van der Waals surface area contributed by atoms with Gasteiger partial charge < -0.3 is 30.8 Å². The van der Waals surface area contributed by atoms with E-state index in [9.17, 15) is 15.3 Å². The number of anilines is 2. The third-order valence-corrected chi connectivity index (χ3v) is 6.08. The van der Waals surface area contributed by atoms with E-state index >= 15 is 0 Å². The molecule has 3 aromatic rings. The van der Waals surface area contributed by atoms with Gasteiger partial charge in [-0.1, -0.05) is 25.4 Å². The van der Waals surface area contributed by atoms with Crippen LogP contribution in [0, 0.1) is 5.92 Å². The highest BCUT2D eigenvalue weighted by Gasteiger charge is 2.41. The lowest BCUT2D eigenvalue weighted by atomic mass is 10.1. The predicted octanol–water partition coefficient (Wildman–Crippen LogP) is 2.58. The molecule has 0 bridgehead atoms. The second kappa shape index (κ2) is 9.76. The number of halogens is 2. The second-order valence-corrected chi connectivity index (χ2v) is 8.16. The van der Waals surface area contributed by atoms with Gasteiger partial charge in [0.25, 0.3) is 0 Å². The lowest BCUT2D eigenvalue weighted by molar-refractivity contribution is 0.00446. The Morgan fingerprint density at radius 1 is 1.16 bits per heavy atom. The maximum Gasteiger partial charge on any atom is 0.223 e. The van der Waals surface area contributed by atoms with Crippen molar-refractivity contribution in [1.29, 1.82) is 0 Å². The third-order valence-electron chi connectivity index (χ3n) is 5.81. The van der Waals surface area contributed by atoms with Crippen LogP contribution in [0.2, 0.25) is 5.15 Å². The zero-order valence-corrected chi connectivity index (χ0v) is 19.3. The number of hydrogen-bond acceptors (Lipinski definition) is 9. The monoisotopic (exact) mass is 483 g/mol. The molecule has 3 aromatic heterocycles. The molecule has 4 atom stereocenters. The number of fused-ring (bicyclic) bond motifs is 1. The fourth-order valence-corrected chi connectivity index (χ4v) is 4.38. The van der Waals surface area contributed by atoms with Gasteiger partial charge in [0, 0.05) is 23.6 Å². The van der Waals surface area contributed by atoms with Gasteiger partial charge in [-0.15, -0.1) is 12.4 Å². The normalized spacial score (nSPS) is 22.8. The van der Waals surface area contributed by atoms with E-state index in [1.807, 2.05) is 26.0 Å². The van der Waals surface area contributed by atoms with Crippen molar-refractivity contribution in [3.05, 3.63) is 28.7 Å². The molecule has 1 saturated carbocycles. The fraction of sp³-hybridized carbons (Fsp3) is 0.476. The average Bonchev–Trinajstić information content (AvgIpc) is 3.28. The molecule has 1 fully saturated rings. The Labute approximate surface area is 196 Å². The number of rotatable bonds is 6. The molecule has 0 aliphatic heterocycles. The minimum atomic E-state index is -1.08. The lowest BCUT2D eigenvalue weighted by Crippen LogP contribution is -2.35. The summed E-state index contributed by atoms with van der Waals surface area (Å²) in [6.45, 7) is 3.83. The topological polar surface area (TPSA) is 151 Å². The molecule has 3 heterocycles. The predicted molar refractivity (Wildman–Crippen MR) is 125 cm³/mol. The van der Waals surface area contributed by atoms with Crippen molar-refractivity contribution in [2.24, 2.45) is 5.92 Å². The number of nitrogens with zero attached hydrogens (tertiary/aromatic N) is 3. The van der Waals surface area contributed by atoms with Crippen LogP contribution in [0.1, 0.15) is 31.7 Å². The van der Waals surface area contributed by atoms with Gasteiger partial charge in [0.05, 0.1) is 23.4 Å². The maximum atomic E-state index is 10.4. The van der Waals surface area contributed by atoms with Crippen LogP contribution in [-0.4, -0.2) is 55.1 Å². The second-order valence-electron chi connectivity index (χ2n) is 7.80. The van der Waals surface area contributed by atoms with Crippen molar-refractivity contribution < 1.29 is 19.7 Å². The summed E-state index contributed by atoms with van der Waals surface area (Å²) in [6.07, 6.45) is -0.265. The number of nitrogens with two attached hydrogens (primary N) is 1. The lowest BCUT2D eigenvalue weighted by Gasteiger charge is -2.20. The van der Waals surface area contributed by atoms with E-state index in [4.69, 9.17) is 21.8 Å². The Kier molecular flexibility index (Phi) is 7.46. The number of aryl methyl sites for hydroxylation is 2. The van der Waals surface area contributed by atoms with Crippen LogP contribution in [0.25, 0.3) is 22.3 Å². The van der Waals surface area contributed by atoms with E-state index in [1.54, 1.807) is 0 Å². The third kappa shape index (κ3) is 4.35. The van der Waals surface area contributed by atoms with E-state index in [0.29, 0.717) is 29.7 Å². The first-order valence-electron chi connectivity index (χ1n) is 10.3. The Morgan fingerprint density at radius 2 is 1.91 bits per heavy atom. The van der Waals surface area contributed by atoms with Crippen molar-refractivity contribution in [3.8, 4) is 11.3 Å². The van der Waals surface area contributed by atoms with Gasteiger partial charge in [-0.25, -0.2) is 4.98 Å². The highest BCUT2D eigenvalue weighted by atomic mass is 35.5. The van der Waals surface area contributed by atoms with Gasteiger partial charge in [-0.3, -0.25) is 4.98 Å². The van der Waals surface area contributed by atoms with Crippen LogP contribution < -0.4 is 11.1 Å². The summed E-state index contributed by atoms with van der Waals surface area (Å²) in [4.78, 5) is 13.0. The molecule has 0 amide bonds. The Hall–Kier alpha value is -2.17. The Balaban J connectivity index is 0.00000289. The summed E-state index contributed by atoms with van der Waals surface area (Å²) in [6, 6.07) is 3.28. The minimum Gasteiger partial charge on any atom is -0.454 e. The van der Waals surface area contributed by atoms with Crippen LogP contribution in [0.5, 0.6) is 0 Å². The summed E-state index contributed by atoms with van der Waals surface area (Å²) in [5.74, 6) is 0.248. The number of nitrogens with one attached hydrogen (secondary N) is 1. The fourth-order valence-electron chi connectivity index (χ4n) is 4.11. The van der Waals surface area contributed by atoms with E-state index in [0.717, 1.165) is 23.2 Å². The largest absolute Gasteiger partial charge is 0.454 e. The van der Waals surface area contributed by atoms with Crippen molar-refractivity contribution in [3.63, 3.8) is 0 Å². The zero-order chi connectivity index (χ0) is 22.3. The number of pyridine rings is 1. The van der Waals surface area contributed by atoms with Crippen LogP contribution in [0.3, 0.4) is 0 Å². The Bertz CT molecular complexity index is 1110. The van der Waals surface area contributed by atoms with Crippen LogP contribution in [0.15, 0.2) is 16.5 Å². The van der Waals surface area contributed by atoms with E-state index in [2.05, 4.69) is 20.3 Å². The number of aliphatic hydroxyl groups excluding tert-OH is 3. The number of aliphatic hydroxyl groups is 3. The van der Waals surface area contributed by atoms with Crippen molar-refractivity contribution in [2.45, 2.75) is 51.4 Å². The molecule has 0 unspecified atom stereocenters. The first-order valence-corrected chi connectivity index (χ1v) is 10.7. The van der Waals surface area contributed by atoms with Gasteiger partial charge >= 0.3 is 0 Å². The summed E-state index contributed by atoms with van der Waals surface area (Å²) in [5, 5.41) is 34.1. The quantitative estimate of drug-likeness (QED) is 0.333. The first-order chi connectivity index (χ1) is 14.9. The van der Waals surface area contributed by atoms with Gasteiger partial charge in [-0.05, 0) is 31.4 Å². The van der Waals surface area contributed by atoms with Gasteiger partial charge in [-0.2, -0.15) is 4.98 Å². The molecule has 0 spiro atoms. The SMILES string of the molecule is CCc1cc2cc(-c3c(Cl)nc(N)nc3N[C@@H]3C[C@H](CO)[C@@H](O)[C@H]3O)oc2c(CC)n1.Cl. The van der Waals surface area contributed by atoms with Gasteiger partial charge in [0.15, 0.2) is 5.58 Å². The number of furan rings is 1. The maximum absolute atomic E-state index is 10.4. The smallest absolute Gasteiger partial charge is 0.223 e. The molecule has 6 N–H and O–H groups in total. The van der Waals surface area contributed by atoms with Crippen molar-refractivity contribution in [2.75, 3.05) is 17.7 Å². The molecule has 9 nitrogen and oxygen atoms in total. The molecule has 1 aliphatic carbocycles. The van der Waals surface area contributed by atoms with E-state index in [-0.39, 0.29) is 35.9 Å². The van der Waals surface area contributed by atoms with E-state index < -0.39 is 24.2 Å². The van der Waals surface area contributed by atoms with Gasteiger partial charge in [0.2, 0.25) is 5.95 Å². The van der Waals surface area contributed by atoms with Crippen LogP contribution >= 0.6 is 24.0 Å². The van der Waals surface area contributed by atoms with E-state index in [1.165, 1.54) is 0 Å². The molecular weight excluding hydrogens is 457 g/mol. The van der Waals surface area contributed by atoms with Crippen LogP contribution in [0.4, 0.5) is 11.8 Å². The molecule has 11 heteroatoms. The standard InChI is InChI=1S/C21H26ClN5O4.ClH/c1-3-11-5-9-7-14(31-18(9)12(4-2)24-11)15-19(22)26-21(23)27-20(15)25-13-6-10(8-28)16(29)17(13)30;/h5,7,10,13,16-17,28-30H,3-4,6,8H2,1-2H3,(H3,23,25,26,27);1H/t10-,13-,16-,17+;/m1./s1. The molecule has 0 radical (unpaired) electrons. The number of hydrogen-bond donors (Lipinski definition) is 5. The highest BCUT2D eigenvalue weighted by molar-refractivity contribution is 6.32. The molecule has 174 valence electrons. The summed E-state index contributed by atoms with van der Waals surface area (Å²) >= 11 is 6.44. The highest BCUT2D eigenvalue weighted by Crippen LogP contribution is 2.39. The number of nitrogen functional groups attached to an aromatic ring is 1. The molecular formula is C21H27Cl2N5O4. The van der Waals surface area contributed by atoms with Crippen molar-refractivity contribution >= 4 is 46.7 Å². The van der Waals surface area contributed by atoms with Crippen molar-refractivity contribution in [1.82, 2.24) is 15.0 Å². The zero-order valence-electron chi connectivity index (χ0n) is 17.7.